The number of allylic oxidation sites excluding steroid dienone is 1. The van der Waals surface area contributed by atoms with Crippen molar-refractivity contribution in [3.63, 3.8) is 0 Å². The number of hydrogen-bond acceptors (Lipinski definition) is 8. The Hall–Kier alpha value is -6.23. The molecule has 0 unspecified atom stereocenters. The second-order valence-corrected chi connectivity index (χ2v) is 9.41. The number of rotatable bonds is 12. The lowest BCUT2D eigenvalue weighted by atomic mass is 10.1. The number of benzene rings is 4. The number of amides is 2. The molecule has 0 aliphatic rings. The third kappa shape index (κ3) is 8.20. The predicted molar refractivity (Wildman–Crippen MR) is 170 cm³/mol. The maximum absolute atomic E-state index is 13.3. The average molecular weight is 608 g/mol. The zero-order chi connectivity index (χ0) is 32.3. The van der Waals surface area contributed by atoms with Gasteiger partial charge in [0.2, 0.25) is 0 Å². The van der Waals surface area contributed by atoms with Gasteiger partial charge in [-0.15, -0.1) is 0 Å². The number of ketones is 1. The van der Waals surface area contributed by atoms with Crippen molar-refractivity contribution in [2.45, 2.75) is 0 Å². The van der Waals surface area contributed by atoms with Crippen LogP contribution in [-0.4, -0.2) is 43.9 Å². The third-order valence-corrected chi connectivity index (χ3v) is 6.52. The number of nitrogens with one attached hydrogen (secondary N) is 2. The molecular weight excluding hydrogens is 578 g/mol. The van der Waals surface area contributed by atoms with Crippen molar-refractivity contribution in [1.82, 2.24) is 5.32 Å². The zero-order valence-corrected chi connectivity index (χ0v) is 24.6. The van der Waals surface area contributed by atoms with Gasteiger partial charge in [-0.3, -0.25) is 24.5 Å². The number of nitrogens with zero attached hydrogens (tertiary/aromatic N) is 1. The minimum absolute atomic E-state index is 0.0929. The van der Waals surface area contributed by atoms with E-state index >= 15 is 0 Å². The van der Waals surface area contributed by atoms with Gasteiger partial charge in [-0.25, -0.2) is 0 Å². The molecule has 4 aromatic carbocycles. The quantitative estimate of drug-likeness (QED) is 0.0873. The van der Waals surface area contributed by atoms with Crippen molar-refractivity contribution >= 4 is 41.1 Å². The summed E-state index contributed by atoms with van der Waals surface area (Å²) in [5, 5.41) is 16.3. The van der Waals surface area contributed by atoms with Gasteiger partial charge in [0.05, 0.1) is 26.3 Å². The van der Waals surface area contributed by atoms with Crippen LogP contribution in [0.4, 0.5) is 11.4 Å². The summed E-state index contributed by atoms with van der Waals surface area (Å²) >= 11 is 0. The van der Waals surface area contributed by atoms with E-state index in [9.17, 15) is 24.5 Å². The first-order valence-corrected chi connectivity index (χ1v) is 13.5. The van der Waals surface area contributed by atoms with Crippen LogP contribution in [0.1, 0.15) is 31.8 Å². The summed E-state index contributed by atoms with van der Waals surface area (Å²) in [4.78, 5) is 49.5. The van der Waals surface area contributed by atoms with Gasteiger partial charge in [-0.05, 0) is 78.4 Å². The fourth-order valence-electron chi connectivity index (χ4n) is 4.16. The van der Waals surface area contributed by atoms with Gasteiger partial charge in [-0.1, -0.05) is 18.2 Å². The molecule has 0 aromatic heterocycles. The number of nitro groups is 1. The Bertz CT molecular complexity index is 1760. The molecule has 0 bridgehead atoms. The van der Waals surface area contributed by atoms with E-state index in [1.807, 2.05) is 0 Å². The van der Waals surface area contributed by atoms with Gasteiger partial charge >= 0.3 is 0 Å². The van der Waals surface area contributed by atoms with Crippen LogP contribution in [-0.2, 0) is 4.79 Å². The summed E-state index contributed by atoms with van der Waals surface area (Å²) in [5.41, 5.74) is 1.92. The van der Waals surface area contributed by atoms with Gasteiger partial charge in [0, 0.05) is 40.6 Å². The Balaban J connectivity index is 1.51. The highest BCUT2D eigenvalue weighted by Crippen LogP contribution is 2.35. The second-order valence-electron chi connectivity index (χ2n) is 9.41. The van der Waals surface area contributed by atoms with Crippen LogP contribution in [0.25, 0.3) is 12.2 Å². The van der Waals surface area contributed by atoms with Crippen LogP contribution in [0.2, 0.25) is 0 Å². The Kier molecular flexibility index (Phi) is 10.4. The number of hydrogen-bond donors (Lipinski definition) is 2. The van der Waals surface area contributed by atoms with Crippen molar-refractivity contribution < 1.29 is 33.5 Å². The Morgan fingerprint density at radius 3 is 1.98 bits per heavy atom. The number of carbonyl (C=O) groups excluding carboxylic acids is 3. The molecule has 4 rings (SSSR count). The molecule has 2 N–H and O–H groups in total. The van der Waals surface area contributed by atoms with Gasteiger partial charge in [0.15, 0.2) is 17.3 Å². The highest BCUT2D eigenvalue weighted by Gasteiger charge is 2.16. The lowest BCUT2D eigenvalue weighted by molar-refractivity contribution is -0.384. The minimum atomic E-state index is -0.642. The van der Waals surface area contributed by atoms with Crippen molar-refractivity contribution in [1.29, 1.82) is 0 Å². The van der Waals surface area contributed by atoms with Gasteiger partial charge in [0.25, 0.3) is 17.5 Å². The second kappa shape index (κ2) is 14.8. The van der Waals surface area contributed by atoms with Crippen molar-refractivity contribution in [3.05, 3.63) is 135 Å². The lowest BCUT2D eigenvalue weighted by Crippen LogP contribution is -2.30. The van der Waals surface area contributed by atoms with Crippen molar-refractivity contribution in [2.24, 2.45) is 0 Å². The summed E-state index contributed by atoms with van der Waals surface area (Å²) in [6.07, 6.45) is 4.40. The Morgan fingerprint density at radius 2 is 1.38 bits per heavy atom. The molecule has 0 saturated heterocycles. The molecule has 0 fully saturated rings. The van der Waals surface area contributed by atoms with E-state index < -0.39 is 16.7 Å². The maximum atomic E-state index is 13.3. The molecule has 11 heteroatoms. The van der Waals surface area contributed by atoms with Gasteiger partial charge < -0.3 is 24.8 Å². The molecule has 0 spiro atoms. The first kappa shape index (κ1) is 31.7. The zero-order valence-electron chi connectivity index (χ0n) is 24.6. The van der Waals surface area contributed by atoms with Crippen molar-refractivity contribution in [2.75, 3.05) is 26.6 Å². The predicted octanol–water partition coefficient (Wildman–Crippen LogP) is 5.93. The SMILES string of the molecule is COc1cc(OC)c(OC)cc1/C=C/C(=O)c1ccc(NC(=O)/C(=C/c2ccc([N+](=O)[O-])cc2)NC(=O)c2ccccc2)cc1. The van der Waals surface area contributed by atoms with Crippen LogP contribution in [0, 0.1) is 10.1 Å². The van der Waals surface area contributed by atoms with Crippen LogP contribution in [0.15, 0.2) is 103 Å². The Labute approximate surface area is 258 Å². The molecule has 0 aliphatic carbocycles. The average Bonchev–Trinajstić information content (AvgIpc) is 3.07. The molecule has 45 heavy (non-hydrogen) atoms. The topological polar surface area (TPSA) is 146 Å². The van der Waals surface area contributed by atoms with Gasteiger partial charge in [-0.2, -0.15) is 0 Å². The molecule has 0 heterocycles. The number of methoxy groups -OCH3 is 3. The van der Waals surface area contributed by atoms with Crippen LogP contribution < -0.4 is 24.8 Å². The van der Waals surface area contributed by atoms with E-state index in [4.69, 9.17) is 14.2 Å². The van der Waals surface area contributed by atoms with Crippen molar-refractivity contribution in [3.8, 4) is 17.2 Å². The summed E-state index contributed by atoms with van der Waals surface area (Å²) in [6.45, 7) is 0. The smallest absolute Gasteiger partial charge is 0.272 e. The number of anilines is 1. The first-order chi connectivity index (χ1) is 21.7. The molecule has 2 amide bonds. The highest BCUT2D eigenvalue weighted by atomic mass is 16.6. The highest BCUT2D eigenvalue weighted by molar-refractivity contribution is 6.11. The number of ether oxygens (including phenoxy) is 3. The van der Waals surface area contributed by atoms with Gasteiger partial charge in [0.1, 0.15) is 11.4 Å². The van der Waals surface area contributed by atoms with E-state index in [-0.39, 0.29) is 17.2 Å². The summed E-state index contributed by atoms with van der Waals surface area (Å²) in [7, 11) is 4.53. The maximum Gasteiger partial charge on any atom is 0.272 e. The van der Waals surface area contributed by atoms with Crippen LogP contribution in [0.3, 0.4) is 0 Å². The summed E-state index contributed by atoms with van der Waals surface area (Å²) in [6, 6.07) is 23.4. The fourth-order valence-corrected chi connectivity index (χ4v) is 4.16. The van der Waals surface area contributed by atoms with E-state index in [1.165, 1.54) is 57.7 Å². The number of carbonyl (C=O) groups is 3. The normalized spacial score (nSPS) is 11.0. The van der Waals surface area contributed by atoms with Crippen LogP contribution >= 0.6 is 0 Å². The standard InChI is InChI=1S/C34H29N3O8/c1-43-30-21-32(45-3)31(44-2)20-25(30)13-18-29(38)23-11-14-26(15-12-23)35-34(40)28(36-33(39)24-7-5-4-6-8-24)19-22-9-16-27(17-10-22)37(41)42/h4-21H,1-3H3,(H,35,40)(H,36,39)/b18-13+,28-19-. The number of nitro benzene ring substituents is 1. The summed E-state index contributed by atoms with van der Waals surface area (Å²) < 4.78 is 16.0. The van der Waals surface area contributed by atoms with E-state index in [1.54, 1.807) is 72.8 Å². The Morgan fingerprint density at radius 1 is 0.756 bits per heavy atom. The molecule has 0 aliphatic heterocycles. The van der Waals surface area contributed by atoms with E-state index in [0.29, 0.717) is 45.2 Å². The molecule has 228 valence electrons. The third-order valence-electron chi connectivity index (χ3n) is 6.52. The molecule has 0 atom stereocenters. The number of non-ortho nitro benzene ring substituents is 1. The van der Waals surface area contributed by atoms with E-state index in [2.05, 4.69) is 10.6 Å². The molecular formula is C34H29N3O8. The summed E-state index contributed by atoms with van der Waals surface area (Å²) in [5.74, 6) is 0.00786. The first-order valence-electron chi connectivity index (χ1n) is 13.5. The fraction of sp³-hybridized carbons (Fsp3) is 0.0882. The molecule has 0 saturated carbocycles. The molecule has 4 aromatic rings. The minimum Gasteiger partial charge on any atom is -0.496 e. The monoisotopic (exact) mass is 607 g/mol. The molecule has 11 nitrogen and oxygen atoms in total. The van der Waals surface area contributed by atoms with Crippen LogP contribution in [0.5, 0.6) is 17.2 Å². The van der Waals surface area contributed by atoms with E-state index in [0.717, 1.165) is 0 Å². The largest absolute Gasteiger partial charge is 0.496 e. The lowest BCUT2D eigenvalue weighted by Gasteiger charge is -2.12. The molecule has 0 radical (unpaired) electrons.